The number of nitrogen functional groups attached to an aromatic ring is 1. The van der Waals surface area contributed by atoms with Gasteiger partial charge in [0.2, 0.25) is 5.16 Å². The second-order valence-electron chi connectivity index (χ2n) is 5.65. The summed E-state index contributed by atoms with van der Waals surface area (Å²) in [5.74, 6) is 2.68. The van der Waals surface area contributed by atoms with E-state index in [4.69, 9.17) is 20.3 Å². The van der Waals surface area contributed by atoms with Crippen LogP contribution in [0.1, 0.15) is 5.56 Å². The lowest BCUT2D eigenvalue weighted by Gasteiger charge is -2.14. The number of ether oxygens (including phenoxy) is 2. The van der Waals surface area contributed by atoms with Crippen LogP contribution in [0.15, 0.2) is 52.7 Å². The monoisotopic (exact) mass is 367 g/mol. The summed E-state index contributed by atoms with van der Waals surface area (Å²) in [6.45, 7) is 0. The maximum Gasteiger partial charge on any atom is 0.212 e. The molecule has 132 valence electrons. The molecule has 3 aromatic rings. The van der Waals surface area contributed by atoms with E-state index in [0.717, 1.165) is 33.4 Å². The average molecular weight is 367 g/mol. The molecule has 0 saturated carbocycles. The fraction of sp³-hybridized carbons (Fsp3) is 0.167. The van der Waals surface area contributed by atoms with E-state index >= 15 is 0 Å². The molecule has 0 fully saturated rings. The van der Waals surface area contributed by atoms with Crippen molar-refractivity contribution >= 4 is 23.2 Å². The van der Waals surface area contributed by atoms with Crippen LogP contribution in [0, 0.1) is 0 Å². The van der Waals surface area contributed by atoms with Gasteiger partial charge < -0.3 is 15.2 Å². The Balaban J connectivity index is 1.77. The molecule has 0 unspecified atom stereocenters. The number of methoxy groups -OCH3 is 2. The molecule has 4 rings (SSSR count). The van der Waals surface area contributed by atoms with Crippen molar-refractivity contribution in [1.29, 1.82) is 0 Å². The smallest absolute Gasteiger partial charge is 0.212 e. The van der Waals surface area contributed by atoms with Crippen LogP contribution in [0.3, 0.4) is 0 Å². The number of thioether (sulfide) groups is 1. The van der Waals surface area contributed by atoms with Gasteiger partial charge in [0.25, 0.3) is 0 Å². The Kier molecular flexibility index (Phi) is 4.26. The maximum absolute atomic E-state index is 5.77. The van der Waals surface area contributed by atoms with E-state index in [0.29, 0.717) is 17.3 Å². The normalized spacial score (nSPS) is 13.1. The summed E-state index contributed by atoms with van der Waals surface area (Å²) in [7, 11) is 3.21. The van der Waals surface area contributed by atoms with E-state index in [2.05, 4.69) is 10.2 Å². The molecule has 2 aromatic carbocycles. The summed E-state index contributed by atoms with van der Waals surface area (Å²) >= 11 is 1.60. The average Bonchev–Trinajstić information content (AvgIpc) is 3.11. The summed E-state index contributed by atoms with van der Waals surface area (Å²) in [6, 6.07) is 13.3. The third-order valence-corrected chi connectivity index (χ3v) is 4.99. The number of nitrogens with two attached hydrogens (primary N) is 1. The second kappa shape index (κ2) is 6.72. The molecule has 0 spiro atoms. The minimum atomic E-state index is 0.633. The minimum absolute atomic E-state index is 0.633. The highest BCUT2D eigenvalue weighted by atomic mass is 32.2. The molecule has 2 N–H and O–H groups in total. The Morgan fingerprint density at radius 1 is 0.962 bits per heavy atom. The molecular weight excluding hydrogens is 350 g/mol. The van der Waals surface area contributed by atoms with Crippen LogP contribution in [0.2, 0.25) is 0 Å². The molecule has 8 heteroatoms. The summed E-state index contributed by atoms with van der Waals surface area (Å²) in [5, 5.41) is 14.1. The lowest BCUT2D eigenvalue weighted by Crippen LogP contribution is -2.13. The molecule has 2 heterocycles. The number of rotatable bonds is 4. The van der Waals surface area contributed by atoms with Crippen LogP contribution in [-0.4, -0.2) is 40.6 Å². The fourth-order valence-corrected chi connectivity index (χ4v) is 3.54. The molecule has 0 atom stereocenters. The molecule has 0 saturated heterocycles. The molecule has 0 amide bonds. The molecule has 1 aliphatic heterocycles. The number of nitrogens with zero attached hydrogens (tertiary/aromatic N) is 4. The predicted molar refractivity (Wildman–Crippen MR) is 102 cm³/mol. The van der Waals surface area contributed by atoms with Crippen molar-refractivity contribution in [3.63, 3.8) is 0 Å². The predicted octanol–water partition coefficient (Wildman–Crippen LogP) is 2.90. The van der Waals surface area contributed by atoms with E-state index in [-0.39, 0.29) is 0 Å². The Hall–Kier alpha value is -3.00. The van der Waals surface area contributed by atoms with Crippen LogP contribution in [0.4, 0.5) is 5.69 Å². The first-order valence-electron chi connectivity index (χ1n) is 7.94. The van der Waals surface area contributed by atoms with Crippen molar-refractivity contribution in [3.05, 3.63) is 48.0 Å². The first-order valence-corrected chi connectivity index (χ1v) is 8.92. The van der Waals surface area contributed by atoms with Crippen LogP contribution in [0.5, 0.6) is 11.5 Å². The Labute approximate surface area is 154 Å². The lowest BCUT2D eigenvalue weighted by atomic mass is 10.1. The van der Waals surface area contributed by atoms with E-state index < -0.39 is 0 Å². The quantitative estimate of drug-likeness (QED) is 0.714. The minimum Gasteiger partial charge on any atom is -0.493 e. The highest BCUT2D eigenvalue weighted by Crippen LogP contribution is 2.34. The Morgan fingerprint density at radius 3 is 2.42 bits per heavy atom. The highest BCUT2D eigenvalue weighted by Gasteiger charge is 2.21. The second-order valence-corrected chi connectivity index (χ2v) is 6.59. The standard InChI is InChI=1S/C18H17N5O2S/c1-24-15-8-5-12(9-16(15)25-2)17-20-21-18-23(17)22-14(10-26-18)11-3-6-13(19)7-4-11/h3-9H,10,19H2,1-2H3. The molecule has 0 aliphatic carbocycles. The van der Waals surface area contributed by atoms with Gasteiger partial charge in [-0.25, -0.2) is 0 Å². The number of anilines is 1. The topological polar surface area (TPSA) is 87.6 Å². The van der Waals surface area contributed by atoms with Gasteiger partial charge in [-0.05, 0) is 35.9 Å². The van der Waals surface area contributed by atoms with Crippen molar-refractivity contribution < 1.29 is 9.47 Å². The zero-order valence-corrected chi connectivity index (χ0v) is 15.2. The zero-order valence-electron chi connectivity index (χ0n) is 14.3. The molecule has 0 radical (unpaired) electrons. The van der Waals surface area contributed by atoms with Gasteiger partial charge >= 0.3 is 0 Å². The lowest BCUT2D eigenvalue weighted by molar-refractivity contribution is 0.355. The number of benzene rings is 2. The van der Waals surface area contributed by atoms with E-state index in [1.807, 2.05) is 42.5 Å². The number of hydrogen-bond donors (Lipinski definition) is 1. The third kappa shape index (κ3) is 2.88. The van der Waals surface area contributed by atoms with Crippen molar-refractivity contribution in [2.24, 2.45) is 5.10 Å². The van der Waals surface area contributed by atoms with Crippen LogP contribution in [0.25, 0.3) is 11.4 Å². The SMILES string of the molecule is COc1ccc(-c2nnc3n2N=C(c2ccc(N)cc2)CS3)cc1OC. The summed E-state index contributed by atoms with van der Waals surface area (Å²) in [6.07, 6.45) is 0. The van der Waals surface area contributed by atoms with Gasteiger partial charge in [-0.15, -0.1) is 10.2 Å². The number of hydrogen-bond acceptors (Lipinski definition) is 7. The summed E-state index contributed by atoms with van der Waals surface area (Å²) < 4.78 is 12.4. The van der Waals surface area contributed by atoms with E-state index in [1.54, 1.807) is 30.7 Å². The van der Waals surface area contributed by atoms with Gasteiger partial charge in [0.1, 0.15) is 0 Å². The molecule has 0 bridgehead atoms. The van der Waals surface area contributed by atoms with Gasteiger partial charge in [0.15, 0.2) is 17.3 Å². The molecule has 26 heavy (non-hydrogen) atoms. The maximum atomic E-state index is 5.77. The largest absolute Gasteiger partial charge is 0.493 e. The van der Waals surface area contributed by atoms with Crippen LogP contribution >= 0.6 is 11.8 Å². The first-order chi connectivity index (χ1) is 12.7. The molecule has 1 aliphatic rings. The summed E-state index contributed by atoms with van der Waals surface area (Å²) in [5.41, 5.74) is 9.34. The molecule has 1 aromatic heterocycles. The Bertz CT molecular complexity index is 982. The first kappa shape index (κ1) is 16.5. The third-order valence-electron chi connectivity index (χ3n) is 4.06. The molecule has 7 nitrogen and oxygen atoms in total. The Morgan fingerprint density at radius 2 is 1.69 bits per heavy atom. The number of fused-ring (bicyclic) bond motifs is 1. The summed E-state index contributed by atoms with van der Waals surface area (Å²) in [4.78, 5) is 0. The van der Waals surface area contributed by atoms with Gasteiger partial charge in [0.05, 0.1) is 19.9 Å². The van der Waals surface area contributed by atoms with Gasteiger partial charge in [-0.2, -0.15) is 9.78 Å². The van der Waals surface area contributed by atoms with Gasteiger partial charge in [-0.3, -0.25) is 0 Å². The fourth-order valence-electron chi connectivity index (χ4n) is 2.70. The van der Waals surface area contributed by atoms with Gasteiger partial charge in [-0.1, -0.05) is 23.9 Å². The number of aromatic nitrogens is 3. The van der Waals surface area contributed by atoms with Crippen molar-refractivity contribution in [2.45, 2.75) is 5.16 Å². The van der Waals surface area contributed by atoms with Crippen molar-refractivity contribution in [1.82, 2.24) is 14.9 Å². The van der Waals surface area contributed by atoms with Crippen molar-refractivity contribution in [2.75, 3.05) is 25.7 Å². The molecular formula is C18H17N5O2S. The zero-order chi connectivity index (χ0) is 18.1. The highest BCUT2D eigenvalue weighted by molar-refractivity contribution is 7.99. The van der Waals surface area contributed by atoms with Crippen molar-refractivity contribution in [3.8, 4) is 22.9 Å². The van der Waals surface area contributed by atoms with Crippen LogP contribution in [-0.2, 0) is 0 Å². The van der Waals surface area contributed by atoms with E-state index in [1.165, 1.54) is 0 Å². The van der Waals surface area contributed by atoms with E-state index in [9.17, 15) is 0 Å². The van der Waals surface area contributed by atoms with Crippen LogP contribution < -0.4 is 15.2 Å². The van der Waals surface area contributed by atoms with Gasteiger partial charge in [0, 0.05) is 17.0 Å².